The fraction of sp³-hybridized carbons (Fsp3) is 0.267. The predicted molar refractivity (Wildman–Crippen MR) is 82.7 cm³/mol. The summed E-state index contributed by atoms with van der Waals surface area (Å²) in [5.41, 5.74) is 2.19. The first-order valence-corrected chi connectivity index (χ1v) is 7.43. The molecule has 2 heterocycles. The van der Waals surface area contributed by atoms with Gasteiger partial charge < -0.3 is 15.4 Å². The Kier molecular flexibility index (Phi) is 4.46. The Labute approximate surface area is 131 Å². The van der Waals surface area contributed by atoms with Crippen LogP contribution in [0.3, 0.4) is 0 Å². The van der Waals surface area contributed by atoms with Crippen LogP contribution in [-0.4, -0.2) is 27.8 Å². The third-order valence-corrected chi connectivity index (χ3v) is 4.39. The SMILES string of the molecule is CC(=O)c1c(C)[nH]c(C(=O)NCc2ccc(C(=O)O)s2)c1C. The van der Waals surface area contributed by atoms with Crippen LogP contribution >= 0.6 is 11.3 Å². The molecule has 0 bridgehead atoms. The van der Waals surface area contributed by atoms with E-state index in [1.807, 2.05) is 0 Å². The molecular formula is C15H16N2O4S. The average Bonchev–Trinajstić information content (AvgIpc) is 3.01. The standard InChI is InChI=1S/C15H16N2O4S/c1-7-12(9(3)18)8(2)17-13(7)14(19)16-6-10-4-5-11(22-10)15(20)21/h4-5,17H,6H2,1-3H3,(H,16,19)(H,20,21). The maximum atomic E-state index is 12.2. The highest BCUT2D eigenvalue weighted by Gasteiger charge is 2.19. The van der Waals surface area contributed by atoms with E-state index in [1.165, 1.54) is 13.0 Å². The van der Waals surface area contributed by atoms with Gasteiger partial charge in [0.1, 0.15) is 10.6 Å². The van der Waals surface area contributed by atoms with Crippen molar-refractivity contribution in [2.75, 3.05) is 0 Å². The molecule has 0 spiro atoms. The molecule has 0 fully saturated rings. The largest absolute Gasteiger partial charge is 0.477 e. The summed E-state index contributed by atoms with van der Waals surface area (Å²) < 4.78 is 0. The van der Waals surface area contributed by atoms with Gasteiger partial charge in [-0.2, -0.15) is 0 Å². The Hall–Kier alpha value is -2.41. The molecule has 0 radical (unpaired) electrons. The van der Waals surface area contributed by atoms with Crippen molar-refractivity contribution in [3.63, 3.8) is 0 Å². The van der Waals surface area contributed by atoms with Crippen molar-refractivity contribution in [1.82, 2.24) is 10.3 Å². The van der Waals surface area contributed by atoms with E-state index in [-0.39, 0.29) is 23.1 Å². The molecule has 0 aromatic carbocycles. The van der Waals surface area contributed by atoms with E-state index in [0.29, 0.717) is 22.5 Å². The highest BCUT2D eigenvalue weighted by atomic mass is 32.1. The fourth-order valence-corrected chi connectivity index (χ4v) is 3.14. The summed E-state index contributed by atoms with van der Waals surface area (Å²) in [7, 11) is 0. The van der Waals surface area contributed by atoms with E-state index in [0.717, 1.165) is 16.2 Å². The summed E-state index contributed by atoms with van der Waals surface area (Å²) in [5, 5.41) is 11.6. The number of H-pyrrole nitrogens is 1. The molecule has 0 atom stereocenters. The number of ketones is 1. The zero-order valence-corrected chi connectivity index (χ0v) is 13.3. The van der Waals surface area contributed by atoms with Crippen molar-refractivity contribution in [3.05, 3.63) is 44.4 Å². The van der Waals surface area contributed by atoms with E-state index in [1.54, 1.807) is 19.9 Å². The lowest BCUT2D eigenvalue weighted by Gasteiger charge is -2.03. The average molecular weight is 320 g/mol. The minimum Gasteiger partial charge on any atom is -0.477 e. The van der Waals surface area contributed by atoms with Crippen molar-refractivity contribution in [3.8, 4) is 0 Å². The molecule has 2 aromatic rings. The van der Waals surface area contributed by atoms with Gasteiger partial charge in [-0.3, -0.25) is 9.59 Å². The Balaban J connectivity index is 2.11. The number of amides is 1. The van der Waals surface area contributed by atoms with Crippen LogP contribution in [0.4, 0.5) is 0 Å². The van der Waals surface area contributed by atoms with Crippen molar-refractivity contribution < 1.29 is 19.5 Å². The van der Waals surface area contributed by atoms with Crippen LogP contribution in [0.25, 0.3) is 0 Å². The number of thiophene rings is 1. The second-order valence-corrected chi connectivity index (χ2v) is 6.10. The van der Waals surface area contributed by atoms with Gasteiger partial charge in [-0.15, -0.1) is 11.3 Å². The first-order chi connectivity index (χ1) is 10.3. The number of carbonyl (C=O) groups is 3. The summed E-state index contributed by atoms with van der Waals surface area (Å²) in [4.78, 5) is 38.5. The Morgan fingerprint density at radius 3 is 2.45 bits per heavy atom. The molecular weight excluding hydrogens is 304 g/mol. The van der Waals surface area contributed by atoms with Gasteiger partial charge >= 0.3 is 5.97 Å². The van der Waals surface area contributed by atoms with Crippen LogP contribution in [0.1, 0.15) is 53.6 Å². The van der Waals surface area contributed by atoms with Gasteiger partial charge in [0.15, 0.2) is 5.78 Å². The summed E-state index contributed by atoms with van der Waals surface area (Å²) in [5.74, 6) is -1.39. The number of aromatic nitrogens is 1. The third-order valence-electron chi connectivity index (χ3n) is 3.31. The smallest absolute Gasteiger partial charge is 0.345 e. The monoisotopic (exact) mass is 320 g/mol. The van der Waals surface area contributed by atoms with Crippen molar-refractivity contribution >= 4 is 29.0 Å². The minimum absolute atomic E-state index is 0.0883. The zero-order chi connectivity index (χ0) is 16.4. The number of aryl methyl sites for hydroxylation is 1. The van der Waals surface area contributed by atoms with Crippen molar-refractivity contribution in [1.29, 1.82) is 0 Å². The molecule has 0 aliphatic carbocycles. The number of Topliss-reactive ketones (excluding diaryl/α,β-unsaturated/α-hetero) is 1. The van der Waals surface area contributed by atoms with E-state index in [2.05, 4.69) is 10.3 Å². The second-order valence-electron chi connectivity index (χ2n) is 4.93. The number of hydrogen-bond donors (Lipinski definition) is 3. The Bertz CT molecular complexity index is 758. The molecule has 22 heavy (non-hydrogen) atoms. The molecule has 2 aromatic heterocycles. The van der Waals surface area contributed by atoms with Gasteiger partial charge in [0, 0.05) is 16.1 Å². The predicted octanol–water partition coefficient (Wildman–Crippen LogP) is 2.52. The van der Waals surface area contributed by atoms with Crippen LogP contribution in [-0.2, 0) is 6.54 Å². The number of aromatic amines is 1. The number of carboxylic acids is 1. The summed E-state index contributed by atoms with van der Waals surface area (Å²) >= 11 is 1.12. The molecule has 3 N–H and O–H groups in total. The maximum Gasteiger partial charge on any atom is 0.345 e. The molecule has 0 unspecified atom stereocenters. The Morgan fingerprint density at radius 2 is 1.95 bits per heavy atom. The Morgan fingerprint density at radius 1 is 1.27 bits per heavy atom. The van der Waals surface area contributed by atoms with Crippen LogP contribution in [0.2, 0.25) is 0 Å². The van der Waals surface area contributed by atoms with E-state index in [9.17, 15) is 14.4 Å². The fourth-order valence-electron chi connectivity index (χ4n) is 2.35. The normalized spacial score (nSPS) is 10.5. The van der Waals surface area contributed by atoms with Gasteiger partial charge in [-0.05, 0) is 38.5 Å². The maximum absolute atomic E-state index is 12.2. The molecule has 0 aliphatic heterocycles. The van der Waals surface area contributed by atoms with Gasteiger partial charge in [0.2, 0.25) is 0 Å². The van der Waals surface area contributed by atoms with E-state index < -0.39 is 5.97 Å². The van der Waals surface area contributed by atoms with E-state index >= 15 is 0 Å². The molecule has 6 nitrogen and oxygen atoms in total. The highest BCUT2D eigenvalue weighted by molar-refractivity contribution is 7.13. The van der Waals surface area contributed by atoms with Gasteiger partial charge in [0.25, 0.3) is 5.91 Å². The number of hydrogen-bond acceptors (Lipinski definition) is 4. The molecule has 0 saturated heterocycles. The molecule has 7 heteroatoms. The lowest BCUT2D eigenvalue weighted by atomic mass is 10.1. The first-order valence-electron chi connectivity index (χ1n) is 6.61. The van der Waals surface area contributed by atoms with Crippen LogP contribution in [0.15, 0.2) is 12.1 Å². The van der Waals surface area contributed by atoms with Crippen LogP contribution in [0, 0.1) is 13.8 Å². The molecule has 0 aliphatic rings. The summed E-state index contributed by atoms with van der Waals surface area (Å²) in [6.07, 6.45) is 0. The number of carboxylic acid groups (broad SMARTS) is 1. The first kappa shape index (κ1) is 16.0. The molecule has 2 rings (SSSR count). The van der Waals surface area contributed by atoms with Gasteiger partial charge in [-0.25, -0.2) is 4.79 Å². The number of rotatable bonds is 5. The third kappa shape index (κ3) is 3.09. The number of carbonyl (C=O) groups excluding carboxylic acids is 2. The lowest BCUT2D eigenvalue weighted by molar-refractivity contribution is 0.0701. The van der Waals surface area contributed by atoms with Gasteiger partial charge in [-0.1, -0.05) is 0 Å². The van der Waals surface area contributed by atoms with Crippen molar-refractivity contribution in [2.24, 2.45) is 0 Å². The lowest BCUT2D eigenvalue weighted by Crippen LogP contribution is -2.23. The zero-order valence-electron chi connectivity index (χ0n) is 12.4. The minimum atomic E-state index is -0.982. The van der Waals surface area contributed by atoms with Crippen LogP contribution < -0.4 is 5.32 Å². The topological polar surface area (TPSA) is 99.3 Å². The molecule has 1 amide bonds. The summed E-state index contributed by atoms with van der Waals surface area (Å²) in [6.45, 7) is 5.18. The number of nitrogens with one attached hydrogen (secondary N) is 2. The molecule has 0 saturated carbocycles. The van der Waals surface area contributed by atoms with Gasteiger partial charge in [0.05, 0.1) is 6.54 Å². The second kappa shape index (κ2) is 6.15. The number of aromatic carboxylic acids is 1. The highest BCUT2D eigenvalue weighted by Crippen LogP contribution is 2.19. The van der Waals surface area contributed by atoms with E-state index in [4.69, 9.17) is 5.11 Å². The summed E-state index contributed by atoms with van der Waals surface area (Å²) in [6, 6.07) is 3.18. The molecule has 116 valence electrons. The van der Waals surface area contributed by atoms with Crippen molar-refractivity contribution in [2.45, 2.75) is 27.3 Å². The van der Waals surface area contributed by atoms with Crippen LogP contribution in [0.5, 0.6) is 0 Å². The quantitative estimate of drug-likeness (QED) is 0.737.